The highest BCUT2D eigenvalue weighted by atomic mass is 32.2. The maximum atomic E-state index is 6.19. The molecule has 4 unspecified atom stereocenters. The minimum atomic E-state index is 0.231. The van der Waals surface area contributed by atoms with Gasteiger partial charge >= 0.3 is 0 Å². The van der Waals surface area contributed by atoms with Gasteiger partial charge in [0.05, 0.1) is 5.60 Å². The van der Waals surface area contributed by atoms with Gasteiger partial charge < -0.3 is 10.1 Å². The van der Waals surface area contributed by atoms with Crippen LogP contribution in [0.15, 0.2) is 0 Å². The highest BCUT2D eigenvalue weighted by Crippen LogP contribution is 2.42. The Bertz CT molecular complexity index is 278. The van der Waals surface area contributed by atoms with Gasteiger partial charge in [-0.2, -0.15) is 11.8 Å². The van der Waals surface area contributed by atoms with E-state index in [-0.39, 0.29) is 5.60 Å². The van der Waals surface area contributed by atoms with Crippen LogP contribution in [0.2, 0.25) is 0 Å². The van der Waals surface area contributed by atoms with E-state index >= 15 is 0 Å². The molecule has 2 nitrogen and oxygen atoms in total. The lowest BCUT2D eigenvalue weighted by molar-refractivity contribution is -0.0861. The molecule has 0 aromatic heterocycles. The van der Waals surface area contributed by atoms with Gasteiger partial charge in [-0.3, -0.25) is 0 Å². The Morgan fingerprint density at radius 3 is 2.90 bits per heavy atom. The van der Waals surface area contributed by atoms with Gasteiger partial charge in [-0.25, -0.2) is 0 Å². The molecule has 3 heteroatoms. The van der Waals surface area contributed by atoms with Gasteiger partial charge in [0.15, 0.2) is 0 Å². The second kappa shape index (κ2) is 8.05. The van der Waals surface area contributed by atoms with E-state index < -0.39 is 0 Å². The highest BCUT2D eigenvalue weighted by molar-refractivity contribution is 7.99. The van der Waals surface area contributed by atoms with E-state index in [1.165, 1.54) is 56.6 Å². The number of nitrogens with one attached hydrogen (secondary N) is 1. The van der Waals surface area contributed by atoms with Crippen molar-refractivity contribution in [3.63, 3.8) is 0 Å². The number of ether oxygens (including phenoxy) is 1. The molecule has 2 rings (SSSR count). The summed E-state index contributed by atoms with van der Waals surface area (Å²) in [5.74, 6) is 4.18. The molecule has 2 aliphatic heterocycles. The summed E-state index contributed by atoms with van der Waals surface area (Å²) in [5.41, 5.74) is 0.231. The van der Waals surface area contributed by atoms with Crippen LogP contribution in [0.5, 0.6) is 0 Å². The molecule has 0 saturated carbocycles. The van der Waals surface area contributed by atoms with Gasteiger partial charge in [-0.1, -0.05) is 27.2 Å². The van der Waals surface area contributed by atoms with E-state index in [0.29, 0.717) is 6.04 Å². The third-order valence-electron chi connectivity index (χ3n) is 5.18. The molecular weight excluding hydrogens is 266 g/mol. The minimum Gasteiger partial charge on any atom is -0.374 e. The molecule has 118 valence electrons. The monoisotopic (exact) mass is 299 g/mol. The standard InChI is InChI=1S/C17H33NOS/c1-4-8-18-16(11-14(3)5-2)15-6-9-19-17(12-15)7-10-20-13-17/h14-16,18H,4-13H2,1-3H3. The predicted octanol–water partition coefficient (Wildman–Crippen LogP) is 4.09. The summed E-state index contributed by atoms with van der Waals surface area (Å²) in [5, 5.41) is 3.85. The maximum absolute atomic E-state index is 6.19. The minimum absolute atomic E-state index is 0.231. The molecule has 0 bridgehead atoms. The first-order valence-corrected chi connectivity index (χ1v) is 9.79. The van der Waals surface area contributed by atoms with E-state index in [4.69, 9.17) is 4.74 Å². The quantitative estimate of drug-likeness (QED) is 0.765. The predicted molar refractivity (Wildman–Crippen MR) is 89.5 cm³/mol. The molecule has 20 heavy (non-hydrogen) atoms. The van der Waals surface area contributed by atoms with Crippen LogP contribution in [0.1, 0.15) is 59.3 Å². The lowest BCUT2D eigenvalue weighted by Gasteiger charge is -2.42. The van der Waals surface area contributed by atoms with Crippen molar-refractivity contribution in [1.82, 2.24) is 5.32 Å². The van der Waals surface area contributed by atoms with Crippen molar-refractivity contribution in [3.8, 4) is 0 Å². The number of rotatable bonds is 7. The summed E-state index contributed by atoms with van der Waals surface area (Å²) in [6.45, 7) is 9.14. The van der Waals surface area contributed by atoms with E-state index in [9.17, 15) is 0 Å². The van der Waals surface area contributed by atoms with Gasteiger partial charge in [0, 0.05) is 18.4 Å². The Kier molecular flexibility index (Phi) is 6.70. The first-order chi connectivity index (χ1) is 9.69. The third-order valence-corrected chi connectivity index (χ3v) is 6.40. The molecule has 0 aromatic rings. The normalized spacial score (nSPS) is 33.5. The van der Waals surface area contributed by atoms with Gasteiger partial charge in [0.2, 0.25) is 0 Å². The van der Waals surface area contributed by atoms with Crippen LogP contribution in [-0.4, -0.2) is 36.3 Å². The van der Waals surface area contributed by atoms with E-state index in [1.807, 2.05) is 0 Å². The molecule has 2 saturated heterocycles. The topological polar surface area (TPSA) is 21.3 Å². The van der Waals surface area contributed by atoms with Gasteiger partial charge in [0.25, 0.3) is 0 Å². The summed E-state index contributed by atoms with van der Waals surface area (Å²) in [6.07, 6.45) is 7.69. The van der Waals surface area contributed by atoms with Crippen molar-refractivity contribution < 1.29 is 4.74 Å². The van der Waals surface area contributed by atoms with Crippen molar-refractivity contribution in [1.29, 1.82) is 0 Å². The molecule has 2 aliphatic rings. The Labute approximate surface area is 129 Å². The largest absolute Gasteiger partial charge is 0.374 e. The van der Waals surface area contributed by atoms with Crippen molar-refractivity contribution in [3.05, 3.63) is 0 Å². The molecule has 0 amide bonds. The maximum Gasteiger partial charge on any atom is 0.0783 e. The second-order valence-electron chi connectivity index (χ2n) is 6.90. The molecule has 0 radical (unpaired) electrons. The second-order valence-corrected chi connectivity index (χ2v) is 8.00. The van der Waals surface area contributed by atoms with E-state index in [0.717, 1.165) is 18.4 Å². The molecular formula is C17H33NOS. The summed E-state index contributed by atoms with van der Waals surface area (Å²) in [4.78, 5) is 0. The van der Waals surface area contributed by atoms with Crippen LogP contribution in [0.3, 0.4) is 0 Å². The van der Waals surface area contributed by atoms with Crippen molar-refractivity contribution in [2.24, 2.45) is 11.8 Å². The molecule has 2 fully saturated rings. The lowest BCUT2D eigenvalue weighted by atomic mass is 9.78. The molecule has 0 aliphatic carbocycles. The van der Waals surface area contributed by atoms with Crippen LogP contribution in [0, 0.1) is 11.8 Å². The smallest absolute Gasteiger partial charge is 0.0783 e. The Morgan fingerprint density at radius 1 is 1.40 bits per heavy atom. The van der Waals surface area contributed by atoms with Gasteiger partial charge in [-0.05, 0) is 56.2 Å². The van der Waals surface area contributed by atoms with Crippen molar-refractivity contribution in [2.45, 2.75) is 70.9 Å². The fraction of sp³-hybridized carbons (Fsp3) is 1.00. The summed E-state index contributed by atoms with van der Waals surface area (Å²) < 4.78 is 6.19. The van der Waals surface area contributed by atoms with Crippen LogP contribution < -0.4 is 5.32 Å². The number of thioether (sulfide) groups is 1. The Hall–Kier alpha value is 0.270. The van der Waals surface area contributed by atoms with Crippen molar-refractivity contribution in [2.75, 3.05) is 24.7 Å². The number of hydrogen-bond donors (Lipinski definition) is 1. The summed E-state index contributed by atoms with van der Waals surface area (Å²) in [6, 6.07) is 0.705. The SMILES string of the molecule is CCCNC(CC(C)CC)C1CCOC2(CCSC2)C1. The molecule has 1 N–H and O–H groups in total. The summed E-state index contributed by atoms with van der Waals surface area (Å²) >= 11 is 2.08. The zero-order chi connectivity index (χ0) is 14.4. The van der Waals surface area contributed by atoms with Gasteiger partial charge in [0.1, 0.15) is 0 Å². The average Bonchev–Trinajstić information content (AvgIpc) is 2.91. The Balaban J connectivity index is 1.95. The average molecular weight is 300 g/mol. The van der Waals surface area contributed by atoms with E-state index in [1.54, 1.807) is 0 Å². The first-order valence-electron chi connectivity index (χ1n) is 8.64. The fourth-order valence-corrected chi connectivity index (χ4v) is 5.02. The van der Waals surface area contributed by atoms with Crippen molar-refractivity contribution >= 4 is 11.8 Å². The number of hydrogen-bond acceptors (Lipinski definition) is 3. The zero-order valence-electron chi connectivity index (χ0n) is 13.6. The first kappa shape index (κ1) is 16.6. The van der Waals surface area contributed by atoms with Crippen LogP contribution in [-0.2, 0) is 4.74 Å². The van der Waals surface area contributed by atoms with Crippen LogP contribution in [0.4, 0.5) is 0 Å². The van der Waals surface area contributed by atoms with E-state index in [2.05, 4.69) is 37.8 Å². The van der Waals surface area contributed by atoms with Crippen LogP contribution in [0.25, 0.3) is 0 Å². The fourth-order valence-electron chi connectivity index (χ4n) is 3.64. The van der Waals surface area contributed by atoms with Gasteiger partial charge in [-0.15, -0.1) is 0 Å². The lowest BCUT2D eigenvalue weighted by Crippen LogP contribution is -2.47. The highest BCUT2D eigenvalue weighted by Gasteiger charge is 2.42. The molecule has 1 spiro atoms. The molecule has 4 atom stereocenters. The Morgan fingerprint density at radius 2 is 2.25 bits per heavy atom. The summed E-state index contributed by atoms with van der Waals surface area (Å²) in [7, 11) is 0. The zero-order valence-corrected chi connectivity index (χ0v) is 14.4. The van der Waals surface area contributed by atoms with Crippen LogP contribution >= 0.6 is 11.8 Å². The molecule has 2 heterocycles. The molecule has 0 aromatic carbocycles. The third kappa shape index (κ3) is 4.38.